The van der Waals surface area contributed by atoms with Crippen LogP contribution >= 0.6 is 12.2 Å². The van der Waals surface area contributed by atoms with Crippen molar-refractivity contribution in [3.63, 3.8) is 0 Å². The Morgan fingerprint density at radius 1 is 0.812 bits per heavy atom. The van der Waals surface area contributed by atoms with Crippen LogP contribution in [0.3, 0.4) is 0 Å². The standard InChI is InChI=1S/C25H26N2O4S/c1-29-21-14-20(15-22(30-2)23(21)31-3)24(28)26-25(32)27(16-18-10-6-4-7-11-18)17-19-12-8-5-9-13-19/h4-15H,16-17H2,1-3H3,(H,26,28,32). The lowest BCUT2D eigenvalue weighted by molar-refractivity contribution is 0.0971. The van der Waals surface area contributed by atoms with E-state index < -0.39 is 0 Å². The second kappa shape index (κ2) is 11.2. The summed E-state index contributed by atoms with van der Waals surface area (Å²) in [6.45, 7) is 1.12. The molecule has 0 heterocycles. The monoisotopic (exact) mass is 450 g/mol. The van der Waals surface area contributed by atoms with E-state index in [2.05, 4.69) is 5.32 Å². The van der Waals surface area contributed by atoms with Crippen molar-refractivity contribution in [2.24, 2.45) is 0 Å². The molecule has 7 heteroatoms. The number of thiocarbonyl (C=S) groups is 1. The number of nitrogens with zero attached hydrogens (tertiary/aromatic N) is 1. The predicted molar refractivity (Wildman–Crippen MR) is 128 cm³/mol. The van der Waals surface area contributed by atoms with E-state index in [9.17, 15) is 4.79 Å². The second-order valence-corrected chi connectivity index (χ2v) is 7.39. The summed E-state index contributed by atoms with van der Waals surface area (Å²) in [6, 6.07) is 23.2. The summed E-state index contributed by atoms with van der Waals surface area (Å²) >= 11 is 5.63. The third kappa shape index (κ3) is 5.76. The molecule has 1 N–H and O–H groups in total. The summed E-state index contributed by atoms with van der Waals surface area (Å²) in [5.74, 6) is 0.853. The minimum Gasteiger partial charge on any atom is -0.493 e. The highest BCUT2D eigenvalue weighted by Crippen LogP contribution is 2.38. The van der Waals surface area contributed by atoms with Gasteiger partial charge in [-0.25, -0.2) is 0 Å². The third-order valence-corrected chi connectivity index (χ3v) is 5.23. The molecule has 0 aliphatic rings. The van der Waals surface area contributed by atoms with E-state index in [0.717, 1.165) is 11.1 Å². The number of nitrogens with one attached hydrogen (secondary N) is 1. The van der Waals surface area contributed by atoms with Crippen LogP contribution in [0.4, 0.5) is 0 Å². The quantitative estimate of drug-likeness (QED) is 0.513. The molecule has 0 unspecified atom stereocenters. The summed E-state index contributed by atoms with van der Waals surface area (Å²) in [5, 5.41) is 3.17. The minimum absolute atomic E-state index is 0.330. The van der Waals surface area contributed by atoms with Crippen molar-refractivity contribution < 1.29 is 19.0 Å². The molecule has 6 nitrogen and oxygen atoms in total. The van der Waals surface area contributed by atoms with Crippen molar-refractivity contribution in [2.75, 3.05) is 21.3 Å². The van der Waals surface area contributed by atoms with Gasteiger partial charge in [-0.3, -0.25) is 10.1 Å². The van der Waals surface area contributed by atoms with Gasteiger partial charge in [-0.05, 0) is 35.5 Å². The lowest BCUT2D eigenvalue weighted by Gasteiger charge is -2.26. The highest BCUT2D eigenvalue weighted by atomic mass is 32.1. The predicted octanol–water partition coefficient (Wildman–Crippen LogP) is 4.43. The average molecular weight is 451 g/mol. The minimum atomic E-state index is -0.361. The number of benzene rings is 3. The number of carbonyl (C=O) groups is 1. The molecule has 0 spiro atoms. The average Bonchev–Trinajstić information content (AvgIpc) is 2.83. The molecular formula is C25H26N2O4S. The Kier molecular flexibility index (Phi) is 8.05. The molecule has 0 bridgehead atoms. The zero-order valence-corrected chi connectivity index (χ0v) is 19.1. The molecule has 0 atom stereocenters. The van der Waals surface area contributed by atoms with Gasteiger partial charge in [0.15, 0.2) is 16.6 Å². The maximum atomic E-state index is 13.0. The molecular weight excluding hydrogens is 424 g/mol. The van der Waals surface area contributed by atoms with Crippen LogP contribution in [0.5, 0.6) is 17.2 Å². The summed E-state index contributed by atoms with van der Waals surface area (Å²) in [4.78, 5) is 15.0. The summed E-state index contributed by atoms with van der Waals surface area (Å²) in [7, 11) is 4.52. The van der Waals surface area contributed by atoms with Crippen molar-refractivity contribution in [1.29, 1.82) is 0 Å². The van der Waals surface area contributed by atoms with Gasteiger partial charge in [0.25, 0.3) is 5.91 Å². The zero-order valence-electron chi connectivity index (χ0n) is 18.3. The summed E-state index contributed by atoms with van der Waals surface area (Å²) in [5.41, 5.74) is 2.53. The largest absolute Gasteiger partial charge is 0.493 e. The van der Waals surface area contributed by atoms with Crippen molar-refractivity contribution in [2.45, 2.75) is 13.1 Å². The number of carbonyl (C=O) groups excluding carboxylic acids is 1. The van der Waals surface area contributed by atoms with Gasteiger partial charge in [-0.1, -0.05) is 60.7 Å². The van der Waals surface area contributed by atoms with Crippen molar-refractivity contribution in [1.82, 2.24) is 10.2 Å². The molecule has 32 heavy (non-hydrogen) atoms. The first-order valence-electron chi connectivity index (χ1n) is 10.0. The van der Waals surface area contributed by atoms with Crippen molar-refractivity contribution in [3.8, 4) is 17.2 Å². The van der Waals surface area contributed by atoms with Gasteiger partial charge in [0, 0.05) is 18.7 Å². The normalized spacial score (nSPS) is 10.2. The van der Waals surface area contributed by atoms with Crippen LogP contribution in [0.2, 0.25) is 0 Å². The van der Waals surface area contributed by atoms with Gasteiger partial charge in [0.2, 0.25) is 5.75 Å². The van der Waals surface area contributed by atoms with Crippen LogP contribution in [-0.2, 0) is 13.1 Å². The fourth-order valence-electron chi connectivity index (χ4n) is 3.27. The smallest absolute Gasteiger partial charge is 0.257 e. The van der Waals surface area contributed by atoms with E-state index in [4.69, 9.17) is 26.4 Å². The van der Waals surface area contributed by atoms with E-state index in [1.807, 2.05) is 65.6 Å². The number of methoxy groups -OCH3 is 3. The molecule has 0 aliphatic carbocycles. The van der Waals surface area contributed by atoms with Crippen LogP contribution in [-0.4, -0.2) is 37.2 Å². The molecule has 166 valence electrons. The highest BCUT2D eigenvalue weighted by molar-refractivity contribution is 7.80. The van der Waals surface area contributed by atoms with Crippen molar-refractivity contribution in [3.05, 3.63) is 89.5 Å². The van der Waals surface area contributed by atoms with Gasteiger partial charge in [0.1, 0.15) is 0 Å². The molecule has 3 aromatic carbocycles. The molecule has 1 amide bonds. The number of hydrogen-bond acceptors (Lipinski definition) is 5. The molecule has 3 aromatic rings. The van der Waals surface area contributed by atoms with E-state index in [-0.39, 0.29) is 5.91 Å². The number of amides is 1. The second-order valence-electron chi connectivity index (χ2n) is 7.00. The van der Waals surface area contributed by atoms with E-state index >= 15 is 0 Å². The zero-order chi connectivity index (χ0) is 22.9. The van der Waals surface area contributed by atoms with E-state index in [1.54, 1.807) is 12.1 Å². The van der Waals surface area contributed by atoms with E-state index in [1.165, 1.54) is 21.3 Å². The molecule has 0 fully saturated rings. The Balaban J connectivity index is 1.82. The van der Waals surface area contributed by atoms with E-state index in [0.29, 0.717) is 41.0 Å². The first kappa shape index (κ1) is 23.1. The van der Waals surface area contributed by atoms with Gasteiger partial charge < -0.3 is 19.1 Å². The fraction of sp³-hybridized carbons (Fsp3) is 0.200. The lowest BCUT2D eigenvalue weighted by atomic mass is 10.1. The summed E-state index contributed by atoms with van der Waals surface area (Å²) in [6.07, 6.45) is 0. The lowest BCUT2D eigenvalue weighted by Crippen LogP contribution is -2.42. The molecule has 0 saturated carbocycles. The fourth-order valence-corrected chi connectivity index (χ4v) is 3.49. The molecule has 0 radical (unpaired) electrons. The Morgan fingerprint density at radius 2 is 1.28 bits per heavy atom. The highest BCUT2D eigenvalue weighted by Gasteiger charge is 2.19. The van der Waals surface area contributed by atoms with Gasteiger partial charge >= 0.3 is 0 Å². The maximum Gasteiger partial charge on any atom is 0.257 e. The SMILES string of the molecule is COc1cc(C(=O)NC(=S)N(Cc2ccccc2)Cc2ccccc2)cc(OC)c1OC. The topological polar surface area (TPSA) is 60.0 Å². The molecule has 3 rings (SSSR count). The number of hydrogen-bond donors (Lipinski definition) is 1. The maximum absolute atomic E-state index is 13.0. The molecule has 0 saturated heterocycles. The van der Waals surface area contributed by atoms with Crippen molar-refractivity contribution >= 4 is 23.2 Å². The Labute approximate surface area is 193 Å². The third-order valence-electron chi connectivity index (χ3n) is 4.87. The van der Waals surface area contributed by atoms with Crippen LogP contribution in [0.25, 0.3) is 0 Å². The molecule has 0 aliphatic heterocycles. The molecule has 0 aromatic heterocycles. The van der Waals surface area contributed by atoms with Crippen LogP contribution in [0.15, 0.2) is 72.8 Å². The van der Waals surface area contributed by atoms with Crippen LogP contribution in [0, 0.1) is 0 Å². The van der Waals surface area contributed by atoms with Gasteiger partial charge in [-0.2, -0.15) is 0 Å². The summed E-state index contributed by atoms with van der Waals surface area (Å²) < 4.78 is 16.0. The van der Waals surface area contributed by atoms with Crippen LogP contribution < -0.4 is 19.5 Å². The van der Waals surface area contributed by atoms with Crippen LogP contribution in [0.1, 0.15) is 21.5 Å². The first-order chi connectivity index (χ1) is 15.5. The Morgan fingerprint density at radius 3 is 1.69 bits per heavy atom. The number of ether oxygens (including phenoxy) is 3. The Hall–Kier alpha value is -3.58. The first-order valence-corrected chi connectivity index (χ1v) is 10.4. The van der Waals surface area contributed by atoms with Gasteiger partial charge in [0.05, 0.1) is 21.3 Å². The number of rotatable bonds is 8. The Bertz CT molecular complexity index is 992. The van der Waals surface area contributed by atoms with Gasteiger partial charge in [-0.15, -0.1) is 0 Å².